The van der Waals surface area contributed by atoms with Gasteiger partial charge in [0, 0.05) is 36.1 Å². The van der Waals surface area contributed by atoms with Crippen LogP contribution in [0.4, 0.5) is 0 Å². The third kappa shape index (κ3) is 8.01. The van der Waals surface area contributed by atoms with Crippen molar-refractivity contribution < 1.29 is 27.4 Å². The number of nitrogens with one attached hydrogen (secondary N) is 1. The van der Waals surface area contributed by atoms with Crippen LogP contribution in [0, 0.1) is 11.8 Å². The molecule has 2 heterocycles. The fourth-order valence-corrected chi connectivity index (χ4v) is 8.95. The molecule has 1 aliphatic heterocycles. The van der Waals surface area contributed by atoms with Crippen LogP contribution in [0.5, 0.6) is 11.5 Å². The van der Waals surface area contributed by atoms with Gasteiger partial charge in [-0.3, -0.25) is 4.79 Å². The number of carbonyl (C=O) groups excluding carboxylic acids is 1. The van der Waals surface area contributed by atoms with Crippen LogP contribution in [0.15, 0.2) is 40.6 Å². The minimum Gasteiger partial charge on any atom is -0.493 e. The molecular formula is C30H45N3O6S2. The Labute approximate surface area is 249 Å². The van der Waals surface area contributed by atoms with Gasteiger partial charge in [-0.2, -0.15) is 4.31 Å². The number of piperidine rings is 1. The van der Waals surface area contributed by atoms with Gasteiger partial charge in [-0.15, -0.1) is 11.3 Å². The molecule has 41 heavy (non-hydrogen) atoms. The smallest absolute Gasteiger partial charge is 0.246 e. The van der Waals surface area contributed by atoms with Crippen molar-refractivity contribution in [3.05, 3.63) is 40.6 Å². The fraction of sp³-hybridized carbons (Fsp3) is 0.633. The van der Waals surface area contributed by atoms with Crippen molar-refractivity contribution in [1.29, 1.82) is 0 Å². The monoisotopic (exact) mass is 607 g/mol. The highest BCUT2D eigenvalue weighted by Gasteiger charge is 2.34. The number of rotatable bonds is 13. The highest BCUT2D eigenvalue weighted by atomic mass is 32.2. The van der Waals surface area contributed by atoms with E-state index in [1.165, 1.54) is 35.5 Å². The Bertz CT molecular complexity index is 1210. The van der Waals surface area contributed by atoms with E-state index in [0.29, 0.717) is 48.9 Å². The largest absolute Gasteiger partial charge is 0.493 e. The molecule has 1 saturated carbocycles. The van der Waals surface area contributed by atoms with Gasteiger partial charge in [0.2, 0.25) is 15.9 Å². The Morgan fingerprint density at radius 1 is 1.07 bits per heavy atom. The molecule has 1 aliphatic carbocycles. The van der Waals surface area contributed by atoms with Gasteiger partial charge >= 0.3 is 0 Å². The Morgan fingerprint density at radius 3 is 2.49 bits per heavy atom. The normalized spacial score (nSPS) is 22.8. The first-order chi connectivity index (χ1) is 19.7. The summed E-state index contributed by atoms with van der Waals surface area (Å²) in [7, 11) is 3.56. The van der Waals surface area contributed by atoms with Crippen LogP contribution in [0.3, 0.4) is 0 Å². The van der Waals surface area contributed by atoms with Gasteiger partial charge in [-0.05, 0) is 88.0 Å². The zero-order valence-corrected chi connectivity index (χ0v) is 26.3. The standard InChI is InChI=1S/C30H45N3O6S2/c1-32(2)30(28-9-7-17-40-28)23-12-10-22(11-13-23)19-31-29(34)21-39-20-24-8-5-6-16-33(24)41(35,36)25-14-15-26(37-3)27(18-25)38-4/h7,9,14-15,17-18,22-24,30H,5-6,8,10-13,16,19-21H2,1-4H3,(H,31,34). The molecule has 2 aromatic rings. The number of ether oxygens (including phenoxy) is 3. The third-order valence-electron chi connectivity index (χ3n) is 8.39. The average molecular weight is 608 g/mol. The van der Waals surface area contributed by atoms with Crippen LogP contribution >= 0.6 is 11.3 Å². The SMILES string of the molecule is COc1ccc(S(=O)(=O)N2CCCCC2COCC(=O)NCC2CCC(C(c3cccs3)N(C)C)CC2)cc1OC. The number of benzene rings is 1. The number of carbonyl (C=O) groups is 1. The molecule has 11 heteroatoms. The number of thiophene rings is 1. The molecule has 4 rings (SSSR count). The molecule has 2 aliphatic rings. The van der Waals surface area contributed by atoms with Crippen molar-refractivity contribution >= 4 is 27.3 Å². The van der Waals surface area contributed by atoms with Crippen molar-refractivity contribution in [3.63, 3.8) is 0 Å². The molecule has 1 amide bonds. The van der Waals surface area contributed by atoms with Gasteiger partial charge in [0.15, 0.2) is 11.5 Å². The van der Waals surface area contributed by atoms with E-state index in [1.807, 2.05) is 11.3 Å². The van der Waals surface area contributed by atoms with E-state index in [9.17, 15) is 13.2 Å². The second kappa shape index (κ2) is 14.8. The molecule has 1 N–H and O–H groups in total. The van der Waals surface area contributed by atoms with Crippen LogP contribution in [-0.2, 0) is 19.6 Å². The molecule has 2 atom stereocenters. The van der Waals surface area contributed by atoms with Crippen LogP contribution in [0.25, 0.3) is 0 Å². The average Bonchev–Trinajstić information content (AvgIpc) is 3.50. The Hall–Kier alpha value is -2.18. The van der Waals surface area contributed by atoms with Crippen LogP contribution in [-0.4, -0.2) is 84.2 Å². The van der Waals surface area contributed by atoms with Crippen molar-refractivity contribution in [2.75, 3.05) is 54.6 Å². The molecule has 2 fully saturated rings. The zero-order chi connectivity index (χ0) is 29.4. The first-order valence-electron chi connectivity index (χ1n) is 14.5. The molecule has 1 aromatic heterocycles. The van der Waals surface area contributed by atoms with E-state index in [4.69, 9.17) is 14.2 Å². The van der Waals surface area contributed by atoms with Gasteiger partial charge in [-0.1, -0.05) is 12.5 Å². The molecule has 0 spiro atoms. The molecule has 1 saturated heterocycles. The molecule has 228 valence electrons. The Balaban J connectivity index is 1.23. The lowest BCUT2D eigenvalue weighted by Gasteiger charge is -2.37. The molecular weight excluding hydrogens is 562 g/mol. The minimum absolute atomic E-state index is 0.0722. The second-order valence-corrected chi connectivity index (χ2v) is 14.2. The predicted molar refractivity (Wildman–Crippen MR) is 161 cm³/mol. The van der Waals surface area contributed by atoms with E-state index in [1.54, 1.807) is 6.07 Å². The quantitative estimate of drug-likeness (QED) is 0.357. The van der Waals surface area contributed by atoms with Gasteiger partial charge in [0.05, 0.1) is 25.7 Å². The van der Waals surface area contributed by atoms with E-state index in [-0.39, 0.29) is 30.1 Å². The van der Waals surface area contributed by atoms with E-state index < -0.39 is 10.0 Å². The van der Waals surface area contributed by atoms with E-state index in [2.05, 4.69) is 41.8 Å². The van der Waals surface area contributed by atoms with Gasteiger partial charge in [-0.25, -0.2) is 8.42 Å². The summed E-state index contributed by atoms with van der Waals surface area (Å²) in [6.07, 6.45) is 6.92. The van der Waals surface area contributed by atoms with Crippen molar-refractivity contribution in [2.45, 2.75) is 61.9 Å². The topological polar surface area (TPSA) is 97.4 Å². The summed E-state index contributed by atoms with van der Waals surface area (Å²) in [6, 6.07) is 9.12. The maximum atomic E-state index is 13.5. The molecule has 2 unspecified atom stereocenters. The van der Waals surface area contributed by atoms with Gasteiger partial charge in [0.1, 0.15) is 6.61 Å². The number of amides is 1. The fourth-order valence-electron chi connectivity index (χ4n) is 6.24. The summed E-state index contributed by atoms with van der Waals surface area (Å²) in [5.41, 5.74) is 0. The lowest BCUT2D eigenvalue weighted by Crippen LogP contribution is -2.46. The highest BCUT2D eigenvalue weighted by molar-refractivity contribution is 7.89. The van der Waals surface area contributed by atoms with E-state index in [0.717, 1.165) is 38.5 Å². The first-order valence-corrected chi connectivity index (χ1v) is 16.8. The highest BCUT2D eigenvalue weighted by Crippen LogP contribution is 2.40. The number of methoxy groups -OCH3 is 2. The minimum atomic E-state index is -3.76. The molecule has 9 nitrogen and oxygen atoms in total. The van der Waals surface area contributed by atoms with Gasteiger partial charge in [0.25, 0.3) is 0 Å². The Morgan fingerprint density at radius 2 is 1.83 bits per heavy atom. The lowest BCUT2D eigenvalue weighted by atomic mass is 9.77. The van der Waals surface area contributed by atoms with Crippen molar-refractivity contribution in [1.82, 2.24) is 14.5 Å². The van der Waals surface area contributed by atoms with Crippen LogP contribution in [0.2, 0.25) is 0 Å². The summed E-state index contributed by atoms with van der Waals surface area (Å²) in [5.74, 6) is 1.79. The van der Waals surface area contributed by atoms with Crippen molar-refractivity contribution in [2.24, 2.45) is 11.8 Å². The zero-order valence-electron chi connectivity index (χ0n) is 24.7. The maximum absolute atomic E-state index is 13.5. The summed E-state index contributed by atoms with van der Waals surface area (Å²) >= 11 is 1.83. The summed E-state index contributed by atoms with van der Waals surface area (Å²) < 4.78 is 44.8. The molecule has 1 aromatic carbocycles. The molecule has 0 radical (unpaired) electrons. The van der Waals surface area contributed by atoms with E-state index >= 15 is 0 Å². The maximum Gasteiger partial charge on any atom is 0.246 e. The first kappa shape index (κ1) is 31.7. The third-order valence-corrected chi connectivity index (χ3v) is 11.3. The molecule has 0 bridgehead atoms. The Kier molecular flexibility index (Phi) is 11.5. The number of hydrogen-bond donors (Lipinski definition) is 1. The summed E-state index contributed by atoms with van der Waals surface area (Å²) in [5, 5.41) is 5.20. The summed E-state index contributed by atoms with van der Waals surface area (Å²) in [4.78, 5) is 16.5. The van der Waals surface area contributed by atoms with Crippen LogP contribution < -0.4 is 14.8 Å². The lowest BCUT2D eigenvalue weighted by molar-refractivity contribution is -0.126. The number of nitrogens with zero attached hydrogens (tertiary/aromatic N) is 2. The summed E-state index contributed by atoms with van der Waals surface area (Å²) in [6.45, 7) is 1.18. The number of sulfonamides is 1. The van der Waals surface area contributed by atoms with Crippen molar-refractivity contribution in [3.8, 4) is 11.5 Å². The predicted octanol–water partition coefficient (Wildman–Crippen LogP) is 4.55. The second-order valence-electron chi connectivity index (χ2n) is 11.3. The van der Waals surface area contributed by atoms with Gasteiger partial charge < -0.3 is 24.4 Å². The van der Waals surface area contributed by atoms with Crippen LogP contribution in [0.1, 0.15) is 55.9 Å². The number of hydrogen-bond acceptors (Lipinski definition) is 8.